The standard InChI is InChI=1S/C14H18NO4Te.HI/c1-5-19-14(16)8-15-9(2)20-13-7-12(18-4)11(17-3)6-10(13)15;/h6-7H,5,8H2,1-4H3;1H/q+1;/p-1. The van der Waals surface area contributed by atoms with Crippen molar-refractivity contribution in [3.05, 3.63) is 15.8 Å². The normalized spacial score (nSPS) is 10.1. The quantitative estimate of drug-likeness (QED) is 0.200. The van der Waals surface area contributed by atoms with E-state index in [0.29, 0.717) is 12.4 Å². The minimum Gasteiger partial charge on any atom is -1.00 e. The largest absolute Gasteiger partial charge is 1.00 e. The van der Waals surface area contributed by atoms with Gasteiger partial charge in [0.25, 0.3) is 0 Å². The Hall–Kier alpha value is -0.520. The van der Waals surface area contributed by atoms with Crippen LogP contribution >= 0.6 is 0 Å². The first-order valence-corrected chi connectivity index (χ1v) is 8.64. The van der Waals surface area contributed by atoms with Gasteiger partial charge in [0.2, 0.25) is 0 Å². The van der Waals surface area contributed by atoms with Crippen molar-refractivity contribution in [2.75, 3.05) is 20.8 Å². The number of aryl methyl sites for hydroxylation is 1. The molecule has 0 aliphatic rings. The molecule has 1 aromatic carbocycles. The predicted molar refractivity (Wildman–Crippen MR) is 75.6 cm³/mol. The Morgan fingerprint density at radius 1 is 1.24 bits per heavy atom. The minimum atomic E-state index is -0.457. The van der Waals surface area contributed by atoms with Crippen molar-refractivity contribution in [2.24, 2.45) is 0 Å². The van der Waals surface area contributed by atoms with Crippen LogP contribution in [-0.2, 0) is 16.1 Å². The van der Waals surface area contributed by atoms with Gasteiger partial charge in [-0.15, -0.1) is 0 Å². The number of carbonyl (C=O) groups is 1. The summed E-state index contributed by atoms with van der Waals surface area (Å²) in [5.41, 5.74) is 1.04. The van der Waals surface area contributed by atoms with Crippen LogP contribution in [0, 0.1) is 6.92 Å². The van der Waals surface area contributed by atoms with E-state index < -0.39 is 20.4 Å². The van der Waals surface area contributed by atoms with E-state index >= 15 is 0 Å². The van der Waals surface area contributed by atoms with Crippen LogP contribution in [0.5, 0.6) is 11.5 Å². The van der Waals surface area contributed by atoms with Crippen LogP contribution in [0.1, 0.15) is 10.6 Å². The number of hydrogen-bond acceptors (Lipinski definition) is 4. The average Bonchev–Trinajstić information content (AvgIpc) is 2.73. The van der Waals surface area contributed by atoms with Crippen LogP contribution in [-0.4, -0.2) is 47.2 Å². The second kappa shape index (κ2) is 8.20. The topological polar surface area (TPSA) is 48.6 Å². The Morgan fingerprint density at radius 3 is 2.43 bits per heavy atom. The summed E-state index contributed by atoms with van der Waals surface area (Å²) >= 11 is -0.457. The average molecular weight is 519 g/mol. The molecule has 0 aliphatic heterocycles. The number of benzene rings is 1. The van der Waals surface area contributed by atoms with Gasteiger partial charge in [0, 0.05) is 0 Å². The van der Waals surface area contributed by atoms with Gasteiger partial charge in [-0.3, -0.25) is 0 Å². The molecule has 0 fully saturated rings. The van der Waals surface area contributed by atoms with E-state index in [4.69, 9.17) is 14.2 Å². The van der Waals surface area contributed by atoms with Gasteiger partial charge in [-0.2, -0.15) is 0 Å². The monoisotopic (exact) mass is 521 g/mol. The summed E-state index contributed by atoms with van der Waals surface area (Å²) in [6.07, 6.45) is 0. The SMILES string of the molecule is CCOC(=O)C[n+]1c(C)[te]c2cc(OC)c(OC)cc21.[I-]. The molecule has 116 valence electrons. The zero-order valence-electron chi connectivity index (χ0n) is 12.4. The first kappa shape index (κ1) is 18.5. The molecule has 0 radical (unpaired) electrons. The van der Waals surface area contributed by atoms with Crippen molar-refractivity contribution in [1.29, 1.82) is 0 Å². The number of halogens is 1. The summed E-state index contributed by atoms with van der Waals surface area (Å²) in [4.78, 5) is 11.7. The van der Waals surface area contributed by atoms with E-state index in [0.717, 1.165) is 11.3 Å². The van der Waals surface area contributed by atoms with E-state index in [1.807, 2.05) is 23.6 Å². The summed E-state index contributed by atoms with van der Waals surface area (Å²) in [7, 11) is 3.24. The molecule has 0 atom stereocenters. The number of nitrogens with zero attached hydrogens (tertiary/aromatic N) is 1. The third-order valence-electron chi connectivity index (χ3n) is 2.99. The summed E-state index contributed by atoms with van der Waals surface area (Å²) in [5, 5.41) is 0. The molecular formula is C14H18INO4Te. The maximum Gasteiger partial charge on any atom is -1.00 e. The molecule has 5 nitrogen and oxygen atoms in total. The summed E-state index contributed by atoms with van der Waals surface area (Å²) in [6.45, 7) is 4.54. The summed E-state index contributed by atoms with van der Waals surface area (Å²) in [6, 6.07) is 3.96. The number of ether oxygens (including phenoxy) is 3. The van der Waals surface area contributed by atoms with Crippen molar-refractivity contribution in [1.82, 2.24) is 0 Å². The minimum absolute atomic E-state index is 0. The molecule has 0 unspecified atom stereocenters. The third kappa shape index (κ3) is 4.02. The van der Waals surface area contributed by atoms with Gasteiger partial charge in [-0.05, 0) is 0 Å². The van der Waals surface area contributed by atoms with Crippen molar-refractivity contribution < 1.29 is 47.5 Å². The smallest absolute Gasteiger partial charge is 1.00 e. The fourth-order valence-corrected chi connectivity index (χ4v) is 5.00. The molecule has 0 spiro atoms. The fraction of sp³-hybridized carbons (Fsp3) is 0.429. The molecule has 0 aliphatic carbocycles. The van der Waals surface area contributed by atoms with E-state index in [1.54, 1.807) is 14.2 Å². The Bertz CT molecular complexity index is 641. The number of rotatable bonds is 5. The Kier molecular flexibility index (Phi) is 7.24. The van der Waals surface area contributed by atoms with Gasteiger partial charge >= 0.3 is 127 Å². The first-order valence-electron chi connectivity index (χ1n) is 6.31. The van der Waals surface area contributed by atoms with Gasteiger partial charge < -0.3 is 24.0 Å². The van der Waals surface area contributed by atoms with Crippen LogP contribution in [0.25, 0.3) is 8.92 Å². The Morgan fingerprint density at radius 2 is 1.86 bits per heavy atom. The van der Waals surface area contributed by atoms with Crippen molar-refractivity contribution in [3.63, 3.8) is 0 Å². The molecule has 21 heavy (non-hydrogen) atoms. The zero-order chi connectivity index (χ0) is 14.7. The van der Waals surface area contributed by atoms with Crippen LogP contribution < -0.4 is 38.0 Å². The van der Waals surface area contributed by atoms with Gasteiger partial charge in [-0.1, -0.05) is 0 Å². The molecule has 0 bridgehead atoms. The number of methoxy groups -OCH3 is 2. The summed E-state index contributed by atoms with van der Waals surface area (Å²) in [5.74, 6) is 1.21. The van der Waals surface area contributed by atoms with Crippen LogP contribution in [0.15, 0.2) is 12.1 Å². The number of fused-ring (bicyclic) bond motifs is 1. The molecule has 0 amide bonds. The zero-order valence-corrected chi connectivity index (χ0v) is 16.9. The van der Waals surface area contributed by atoms with Crippen molar-refractivity contribution in [2.45, 2.75) is 20.4 Å². The number of carbonyl (C=O) groups excluding carboxylic acids is 1. The van der Waals surface area contributed by atoms with E-state index in [9.17, 15) is 4.79 Å². The first-order chi connectivity index (χ1) is 9.60. The molecular weight excluding hydrogens is 501 g/mol. The second-order valence-electron chi connectivity index (χ2n) is 4.19. The predicted octanol–water partition coefficient (Wildman–Crippen LogP) is -1.92. The molecule has 7 heteroatoms. The molecule has 0 saturated carbocycles. The Labute approximate surface area is 150 Å². The maximum atomic E-state index is 11.7. The summed E-state index contributed by atoms with van der Waals surface area (Å²) < 4.78 is 20.2. The number of aromatic nitrogens is 1. The fourth-order valence-electron chi connectivity index (χ4n) is 2.06. The van der Waals surface area contributed by atoms with Crippen LogP contribution in [0.2, 0.25) is 0 Å². The van der Waals surface area contributed by atoms with Crippen molar-refractivity contribution in [3.8, 4) is 11.5 Å². The maximum absolute atomic E-state index is 11.7. The molecule has 1 aromatic heterocycles. The van der Waals surface area contributed by atoms with Crippen LogP contribution in [0.4, 0.5) is 0 Å². The molecule has 2 rings (SSSR count). The molecule has 1 heterocycles. The molecule has 0 N–H and O–H groups in total. The van der Waals surface area contributed by atoms with E-state index in [1.165, 1.54) is 7.11 Å². The van der Waals surface area contributed by atoms with E-state index in [2.05, 4.69) is 6.92 Å². The van der Waals surface area contributed by atoms with E-state index in [-0.39, 0.29) is 36.5 Å². The molecule has 0 saturated heterocycles. The number of hydrogen-bond donors (Lipinski definition) is 0. The van der Waals surface area contributed by atoms with Gasteiger partial charge in [0.05, 0.1) is 0 Å². The van der Waals surface area contributed by atoms with Gasteiger partial charge in [0.1, 0.15) is 0 Å². The molecule has 2 aromatic rings. The Balaban J connectivity index is 0.00000220. The number of esters is 1. The second-order valence-corrected chi connectivity index (χ2v) is 7.71. The third-order valence-corrected chi connectivity index (χ3v) is 6.02. The van der Waals surface area contributed by atoms with Gasteiger partial charge in [-0.25, -0.2) is 0 Å². The van der Waals surface area contributed by atoms with Crippen molar-refractivity contribution >= 4 is 35.3 Å². The van der Waals surface area contributed by atoms with Gasteiger partial charge in [0.15, 0.2) is 0 Å². The van der Waals surface area contributed by atoms with Crippen LogP contribution in [0.3, 0.4) is 0 Å².